The number of anilines is 1. The molecule has 0 unspecified atom stereocenters. The van der Waals surface area contributed by atoms with E-state index in [2.05, 4.69) is 21.2 Å². The summed E-state index contributed by atoms with van der Waals surface area (Å²) >= 11 is 9.59. The molecular weight excluding hydrogens is 488 g/mol. The Kier molecular flexibility index (Phi) is 7.02. The fourth-order valence-corrected chi connectivity index (χ4v) is 3.67. The number of amides is 4. The van der Waals surface area contributed by atoms with E-state index < -0.39 is 17.8 Å². The zero-order chi connectivity index (χ0) is 22.7. The molecule has 0 radical (unpaired) electrons. The molecule has 1 heterocycles. The van der Waals surface area contributed by atoms with Gasteiger partial charge in [0.25, 0.3) is 11.8 Å². The lowest BCUT2D eigenvalue weighted by Crippen LogP contribution is -2.54. The molecule has 3 rings (SSSR count). The fourth-order valence-electron chi connectivity index (χ4n) is 3.07. The van der Waals surface area contributed by atoms with Crippen molar-refractivity contribution in [3.8, 4) is 11.5 Å². The summed E-state index contributed by atoms with van der Waals surface area (Å²) in [6.45, 7) is 6.24. The number of hydrogen-bond donors (Lipinski definition) is 1. The van der Waals surface area contributed by atoms with Gasteiger partial charge in [0.05, 0.1) is 18.9 Å². The van der Waals surface area contributed by atoms with Gasteiger partial charge in [0.15, 0.2) is 11.5 Å². The van der Waals surface area contributed by atoms with Crippen LogP contribution in [0.15, 0.2) is 40.4 Å². The molecule has 0 saturated carbocycles. The van der Waals surface area contributed by atoms with Crippen molar-refractivity contribution in [2.24, 2.45) is 0 Å². The average Bonchev–Trinajstić information content (AvgIpc) is 2.71. The molecule has 4 amide bonds. The molecule has 1 N–H and O–H groups in total. The lowest BCUT2D eigenvalue weighted by Gasteiger charge is -2.27. The van der Waals surface area contributed by atoms with Crippen LogP contribution >= 0.6 is 27.5 Å². The molecule has 1 fully saturated rings. The van der Waals surface area contributed by atoms with Crippen molar-refractivity contribution in [3.05, 3.63) is 56.5 Å². The minimum Gasteiger partial charge on any atom is -0.490 e. The third-order valence-electron chi connectivity index (χ3n) is 4.54. The number of imide groups is 2. The zero-order valence-corrected chi connectivity index (χ0v) is 19.5. The number of nitrogens with one attached hydrogen (secondary N) is 1. The van der Waals surface area contributed by atoms with E-state index in [4.69, 9.17) is 21.1 Å². The summed E-state index contributed by atoms with van der Waals surface area (Å²) in [5.74, 6) is -0.534. The molecule has 7 nitrogen and oxygen atoms in total. The highest BCUT2D eigenvalue weighted by molar-refractivity contribution is 9.10. The Hall–Kier alpha value is -2.84. The second-order valence-corrected chi connectivity index (χ2v) is 7.79. The van der Waals surface area contributed by atoms with Crippen molar-refractivity contribution in [1.29, 1.82) is 0 Å². The Morgan fingerprint density at radius 3 is 2.39 bits per heavy atom. The molecule has 1 aliphatic rings. The van der Waals surface area contributed by atoms with Gasteiger partial charge in [0.2, 0.25) is 0 Å². The molecule has 0 aromatic heterocycles. The highest BCUT2D eigenvalue weighted by atomic mass is 79.9. The maximum absolute atomic E-state index is 13.2. The number of carbonyl (C=O) groups excluding carboxylic acids is 3. The average molecular weight is 508 g/mol. The normalized spacial score (nSPS) is 15.3. The fraction of sp³-hybridized carbons (Fsp3) is 0.227. The van der Waals surface area contributed by atoms with Crippen LogP contribution in [-0.4, -0.2) is 31.1 Å². The van der Waals surface area contributed by atoms with E-state index in [1.165, 1.54) is 6.08 Å². The standard InChI is InChI=1S/C22H20BrClN2O5/c1-4-30-18-10-13(15(23)11-19(18)31-5-2)9-14-20(27)25-22(29)26(21(14)28)17-8-6-7-16(24)12(17)3/h6-11H,4-5H2,1-3H3,(H,25,27,29)/b14-9+. The van der Waals surface area contributed by atoms with Crippen LogP contribution in [-0.2, 0) is 9.59 Å². The second kappa shape index (κ2) is 9.53. The molecule has 162 valence electrons. The van der Waals surface area contributed by atoms with Crippen LogP contribution in [0.5, 0.6) is 11.5 Å². The topological polar surface area (TPSA) is 84.9 Å². The summed E-state index contributed by atoms with van der Waals surface area (Å²) in [5.41, 5.74) is 1.16. The maximum atomic E-state index is 13.2. The second-order valence-electron chi connectivity index (χ2n) is 6.53. The third kappa shape index (κ3) is 4.60. The smallest absolute Gasteiger partial charge is 0.335 e. The van der Waals surface area contributed by atoms with Crippen molar-refractivity contribution < 1.29 is 23.9 Å². The van der Waals surface area contributed by atoms with E-state index in [9.17, 15) is 14.4 Å². The number of hydrogen-bond acceptors (Lipinski definition) is 5. The van der Waals surface area contributed by atoms with Gasteiger partial charge in [-0.1, -0.05) is 33.6 Å². The van der Waals surface area contributed by atoms with Gasteiger partial charge in [-0.3, -0.25) is 14.9 Å². The first kappa shape index (κ1) is 22.8. The van der Waals surface area contributed by atoms with E-state index in [-0.39, 0.29) is 5.57 Å². The molecule has 2 aromatic carbocycles. The van der Waals surface area contributed by atoms with Gasteiger partial charge in [-0.15, -0.1) is 0 Å². The molecule has 9 heteroatoms. The third-order valence-corrected chi connectivity index (χ3v) is 5.64. The molecular formula is C22H20BrClN2O5. The first-order valence-corrected chi connectivity index (χ1v) is 10.7. The first-order valence-electron chi connectivity index (χ1n) is 9.54. The Morgan fingerprint density at radius 2 is 1.74 bits per heavy atom. The Balaban J connectivity index is 2.08. The van der Waals surface area contributed by atoms with Crippen LogP contribution in [0.25, 0.3) is 6.08 Å². The molecule has 0 atom stereocenters. The minimum atomic E-state index is -0.835. The quantitative estimate of drug-likeness (QED) is 0.445. The van der Waals surface area contributed by atoms with Crippen LogP contribution in [0, 0.1) is 6.92 Å². The van der Waals surface area contributed by atoms with Gasteiger partial charge in [-0.2, -0.15) is 0 Å². The van der Waals surface area contributed by atoms with Gasteiger partial charge in [0, 0.05) is 9.50 Å². The van der Waals surface area contributed by atoms with Crippen molar-refractivity contribution in [2.75, 3.05) is 18.1 Å². The summed E-state index contributed by atoms with van der Waals surface area (Å²) in [7, 11) is 0. The van der Waals surface area contributed by atoms with Crippen LogP contribution in [0.1, 0.15) is 25.0 Å². The van der Waals surface area contributed by atoms with Gasteiger partial charge in [-0.25, -0.2) is 9.69 Å². The lowest BCUT2D eigenvalue weighted by atomic mass is 10.1. The summed E-state index contributed by atoms with van der Waals surface area (Å²) < 4.78 is 11.8. The predicted molar refractivity (Wildman–Crippen MR) is 122 cm³/mol. The van der Waals surface area contributed by atoms with Crippen LogP contribution in [0.4, 0.5) is 10.5 Å². The minimum absolute atomic E-state index is 0.203. The number of halogens is 2. The summed E-state index contributed by atoms with van der Waals surface area (Å²) in [4.78, 5) is 39.0. The van der Waals surface area contributed by atoms with Gasteiger partial charge in [0.1, 0.15) is 5.57 Å². The summed E-state index contributed by atoms with van der Waals surface area (Å²) in [6, 6.07) is 7.40. The monoisotopic (exact) mass is 506 g/mol. The molecule has 0 spiro atoms. The van der Waals surface area contributed by atoms with E-state index in [1.54, 1.807) is 37.3 Å². The van der Waals surface area contributed by atoms with Gasteiger partial charge >= 0.3 is 6.03 Å². The lowest BCUT2D eigenvalue weighted by molar-refractivity contribution is -0.122. The Labute approximate surface area is 193 Å². The van der Waals surface area contributed by atoms with E-state index >= 15 is 0 Å². The van der Waals surface area contributed by atoms with Crippen molar-refractivity contribution in [3.63, 3.8) is 0 Å². The number of urea groups is 1. The highest BCUT2D eigenvalue weighted by Crippen LogP contribution is 2.36. The van der Waals surface area contributed by atoms with Gasteiger partial charge in [-0.05, 0) is 62.2 Å². The number of barbiturate groups is 1. The molecule has 0 bridgehead atoms. The molecule has 2 aromatic rings. The predicted octanol–water partition coefficient (Wildman–Crippen LogP) is 4.87. The highest BCUT2D eigenvalue weighted by Gasteiger charge is 2.37. The number of ether oxygens (including phenoxy) is 2. The van der Waals surface area contributed by atoms with Crippen LogP contribution in [0.3, 0.4) is 0 Å². The largest absolute Gasteiger partial charge is 0.490 e. The molecule has 1 aliphatic heterocycles. The van der Waals surface area contributed by atoms with Gasteiger partial charge < -0.3 is 9.47 Å². The Bertz CT molecular complexity index is 1100. The summed E-state index contributed by atoms with van der Waals surface area (Å²) in [6.07, 6.45) is 1.40. The summed E-state index contributed by atoms with van der Waals surface area (Å²) in [5, 5.41) is 2.61. The number of rotatable bonds is 6. The number of carbonyl (C=O) groups is 3. The SMILES string of the molecule is CCOc1cc(Br)c(/C=C2\C(=O)NC(=O)N(c3cccc(Cl)c3C)C2=O)cc1OCC. The van der Waals surface area contributed by atoms with E-state index in [0.717, 1.165) is 4.90 Å². The number of nitrogens with zero attached hydrogens (tertiary/aromatic N) is 1. The molecule has 31 heavy (non-hydrogen) atoms. The zero-order valence-electron chi connectivity index (χ0n) is 17.1. The first-order chi connectivity index (χ1) is 14.8. The molecule has 0 aliphatic carbocycles. The number of benzene rings is 2. The van der Waals surface area contributed by atoms with Crippen molar-refractivity contribution in [2.45, 2.75) is 20.8 Å². The van der Waals surface area contributed by atoms with Crippen molar-refractivity contribution >= 4 is 57.1 Å². The van der Waals surface area contributed by atoms with E-state index in [0.29, 0.717) is 51.0 Å². The van der Waals surface area contributed by atoms with E-state index in [1.807, 2.05) is 13.8 Å². The maximum Gasteiger partial charge on any atom is 0.335 e. The van der Waals surface area contributed by atoms with Crippen molar-refractivity contribution in [1.82, 2.24) is 5.32 Å². The molecule has 1 saturated heterocycles. The Morgan fingerprint density at radius 1 is 1.10 bits per heavy atom. The van der Waals surface area contributed by atoms with Crippen LogP contribution in [0.2, 0.25) is 5.02 Å². The van der Waals surface area contributed by atoms with Crippen LogP contribution < -0.4 is 19.7 Å².